The molecule has 15 heavy (non-hydrogen) atoms. The minimum absolute atomic E-state index is 0.106. The van der Waals surface area contributed by atoms with Crippen LogP contribution in [0.2, 0.25) is 0 Å². The van der Waals surface area contributed by atoms with Gasteiger partial charge in [0, 0.05) is 10.0 Å². The summed E-state index contributed by atoms with van der Waals surface area (Å²) in [5.41, 5.74) is 0.759. The molecule has 82 valence electrons. The van der Waals surface area contributed by atoms with Crippen molar-refractivity contribution in [3.8, 4) is 0 Å². The SMILES string of the molecule is CC1CNC(c2ccc(Br)cc2F)SC1. The van der Waals surface area contributed by atoms with Gasteiger partial charge in [0.1, 0.15) is 5.82 Å². The molecule has 0 aliphatic carbocycles. The molecule has 1 aromatic carbocycles. The quantitative estimate of drug-likeness (QED) is 0.848. The van der Waals surface area contributed by atoms with E-state index in [1.54, 1.807) is 11.8 Å². The zero-order valence-corrected chi connectivity index (χ0v) is 10.9. The molecule has 1 N–H and O–H groups in total. The average molecular weight is 290 g/mol. The molecule has 0 radical (unpaired) electrons. The maximum absolute atomic E-state index is 13.6. The molecular formula is C11H13BrFNS. The molecule has 0 aromatic heterocycles. The number of nitrogens with one attached hydrogen (secondary N) is 1. The normalized spacial score (nSPS) is 26.6. The summed E-state index contributed by atoms with van der Waals surface area (Å²) in [6.07, 6.45) is 0. The van der Waals surface area contributed by atoms with E-state index in [9.17, 15) is 4.39 Å². The number of thioether (sulfide) groups is 1. The second-order valence-corrected chi connectivity index (χ2v) is 5.95. The lowest BCUT2D eigenvalue weighted by Gasteiger charge is -2.27. The first-order valence-electron chi connectivity index (χ1n) is 4.97. The Balaban J connectivity index is 2.15. The fourth-order valence-corrected chi connectivity index (χ4v) is 3.16. The summed E-state index contributed by atoms with van der Waals surface area (Å²) in [4.78, 5) is 0. The minimum atomic E-state index is -0.135. The predicted molar refractivity (Wildman–Crippen MR) is 66.5 cm³/mol. The Kier molecular flexibility index (Phi) is 3.69. The van der Waals surface area contributed by atoms with Crippen LogP contribution in [0.3, 0.4) is 0 Å². The van der Waals surface area contributed by atoms with Gasteiger partial charge in [-0.3, -0.25) is 0 Å². The van der Waals surface area contributed by atoms with Gasteiger partial charge in [0.25, 0.3) is 0 Å². The van der Waals surface area contributed by atoms with E-state index in [1.807, 2.05) is 12.1 Å². The zero-order valence-electron chi connectivity index (χ0n) is 8.47. The molecule has 4 heteroatoms. The molecule has 1 aromatic rings. The van der Waals surface area contributed by atoms with E-state index in [1.165, 1.54) is 6.07 Å². The highest BCUT2D eigenvalue weighted by atomic mass is 79.9. The van der Waals surface area contributed by atoms with Crippen LogP contribution in [0.4, 0.5) is 4.39 Å². The molecule has 2 unspecified atom stereocenters. The Morgan fingerprint density at radius 1 is 1.53 bits per heavy atom. The molecule has 1 aliphatic rings. The van der Waals surface area contributed by atoms with Gasteiger partial charge >= 0.3 is 0 Å². The van der Waals surface area contributed by atoms with Crippen molar-refractivity contribution in [2.75, 3.05) is 12.3 Å². The second-order valence-electron chi connectivity index (χ2n) is 3.89. The van der Waals surface area contributed by atoms with Crippen LogP contribution in [0.1, 0.15) is 17.9 Å². The Bertz CT molecular complexity index is 350. The van der Waals surface area contributed by atoms with Gasteiger partial charge in [-0.2, -0.15) is 0 Å². The third-order valence-electron chi connectivity index (χ3n) is 2.44. The van der Waals surface area contributed by atoms with Crippen molar-refractivity contribution in [2.24, 2.45) is 5.92 Å². The second kappa shape index (κ2) is 4.85. The Hall–Kier alpha value is -0.0600. The number of hydrogen-bond acceptors (Lipinski definition) is 2. The maximum Gasteiger partial charge on any atom is 0.129 e. The molecule has 0 bridgehead atoms. The van der Waals surface area contributed by atoms with Crippen LogP contribution in [0, 0.1) is 11.7 Å². The third kappa shape index (κ3) is 2.74. The molecular weight excluding hydrogens is 277 g/mol. The first kappa shape index (κ1) is 11.4. The summed E-state index contributed by atoms with van der Waals surface area (Å²) in [6.45, 7) is 3.17. The lowest BCUT2D eigenvalue weighted by molar-refractivity contribution is 0.513. The molecule has 1 nitrogen and oxygen atoms in total. The van der Waals surface area contributed by atoms with E-state index in [4.69, 9.17) is 0 Å². The third-order valence-corrected chi connectivity index (χ3v) is 4.45. The number of rotatable bonds is 1. The molecule has 0 amide bonds. The average Bonchev–Trinajstić information content (AvgIpc) is 2.20. The van der Waals surface area contributed by atoms with E-state index in [-0.39, 0.29) is 11.2 Å². The molecule has 0 spiro atoms. The van der Waals surface area contributed by atoms with Gasteiger partial charge in [0.05, 0.1) is 5.37 Å². The topological polar surface area (TPSA) is 12.0 Å². The summed E-state index contributed by atoms with van der Waals surface area (Å²) in [6, 6.07) is 5.26. The zero-order chi connectivity index (χ0) is 10.8. The molecule has 0 saturated carbocycles. The van der Waals surface area contributed by atoms with E-state index < -0.39 is 0 Å². The molecule has 1 saturated heterocycles. The lowest BCUT2D eigenvalue weighted by Crippen LogP contribution is -2.31. The summed E-state index contributed by atoms with van der Waals surface area (Å²) in [7, 11) is 0. The standard InChI is InChI=1S/C11H13BrFNS/c1-7-5-14-11(15-6-7)9-3-2-8(12)4-10(9)13/h2-4,7,11,14H,5-6H2,1H3. The first-order chi connectivity index (χ1) is 7.16. The fraction of sp³-hybridized carbons (Fsp3) is 0.455. The van der Waals surface area contributed by atoms with Crippen LogP contribution in [0.5, 0.6) is 0 Å². The molecule has 2 atom stereocenters. The fourth-order valence-electron chi connectivity index (χ4n) is 1.60. The highest BCUT2D eigenvalue weighted by molar-refractivity contribution is 9.10. The number of halogens is 2. The Morgan fingerprint density at radius 3 is 2.93 bits per heavy atom. The van der Waals surface area contributed by atoms with Gasteiger partial charge in [-0.15, -0.1) is 11.8 Å². The van der Waals surface area contributed by atoms with Crippen LogP contribution in [0.25, 0.3) is 0 Å². The highest BCUT2D eigenvalue weighted by Crippen LogP contribution is 2.33. The largest absolute Gasteiger partial charge is 0.301 e. The summed E-state index contributed by atoms with van der Waals surface area (Å²) in [5, 5.41) is 3.46. The highest BCUT2D eigenvalue weighted by Gasteiger charge is 2.21. The van der Waals surface area contributed by atoms with Crippen LogP contribution < -0.4 is 5.32 Å². The van der Waals surface area contributed by atoms with Gasteiger partial charge < -0.3 is 5.32 Å². The van der Waals surface area contributed by atoms with Gasteiger partial charge in [0.2, 0.25) is 0 Å². The van der Waals surface area contributed by atoms with E-state index in [0.29, 0.717) is 5.92 Å². The molecule has 1 fully saturated rings. The molecule has 1 aliphatic heterocycles. The van der Waals surface area contributed by atoms with Crippen molar-refractivity contribution in [3.05, 3.63) is 34.1 Å². The summed E-state index contributed by atoms with van der Waals surface area (Å²) < 4.78 is 14.4. The number of hydrogen-bond donors (Lipinski definition) is 1. The summed E-state index contributed by atoms with van der Waals surface area (Å²) in [5.74, 6) is 1.63. The van der Waals surface area contributed by atoms with Crippen molar-refractivity contribution >= 4 is 27.7 Å². The van der Waals surface area contributed by atoms with E-state index in [2.05, 4.69) is 28.2 Å². The van der Waals surface area contributed by atoms with Crippen LogP contribution in [-0.4, -0.2) is 12.3 Å². The monoisotopic (exact) mass is 289 g/mol. The van der Waals surface area contributed by atoms with Gasteiger partial charge in [-0.05, 0) is 30.3 Å². The molecule has 2 rings (SSSR count). The van der Waals surface area contributed by atoms with Crippen molar-refractivity contribution in [1.29, 1.82) is 0 Å². The van der Waals surface area contributed by atoms with Gasteiger partial charge in [-0.25, -0.2) is 4.39 Å². The van der Waals surface area contributed by atoms with E-state index >= 15 is 0 Å². The van der Waals surface area contributed by atoms with Gasteiger partial charge in [-0.1, -0.05) is 28.9 Å². The summed E-state index contributed by atoms with van der Waals surface area (Å²) >= 11 is 5.04. The van der Waals surface area contributed by atoms with Gasteiger partial charge in [0.15, 0.2) is 0 Å². The predicted octanol–water partition coefficient (Wildman–Crippen LogP) is 3.56. The Labute approximate surface area is 102 Å². The Morgan fingerprint density at radius 2 is 2.33 bits per heavy atom. The maximum atomic E-state index is 13.6. The van der Waals surface area contributed by atoms with Crippen molar-refractivity contribution < 1.29 is 4.39 Å². The smallest absolute Gasteiger partial charge is 0.129 e. The van der Waals surface area contributed by atoms with Crippen molar-refractivity contribution in [3.63, 3.8) is 0 Å². The van der Waals surface area contributed by atoms with Crippen molar-refractivity contribution in [2.45, 2.75) is 12.3 Å². The van der Waals surface area contributed by atoms with Crippen LogP contribution in [0.15, 0.2) is 22.7 Å². The van der Waals surface area contributed by atoms with Crippen LogP contribution in [-0.2, 0) is 0 Å². The van der Waals surface area contributed by atoms with Crippen molar-refractivity contribution in [1.82, 2.24) is 5.32 Å². The van der Waals surface area contributed by atoms with E-state index in [0.717, 1.165) is 22.3 Å². The molecule has 1 heterocycles. The first-order valence-corrected chi connectivity index (χ1v) is 6.81. The van der Waals surface area contributed by atoms with Crippen LogP contribution >= 0.6 is 27.7 Å². The lowest BCUT2D eigenvalue weighted by atomic mass is 10.1. The minimum Gasteiger partial charge on any atom is -0.301 e. The number of benzene rings is 1.